The van der Waals surface area contributed by atoms with Crippen molar-refractivity contribution in [2.24, 2.45) is 5.41 Å². The molecule has 4 heteroatoms. The highest BCUT2D eigenvalue weighted by molar-refractivity contribution is 5.05. The summed E-state index contributed by atoms with van der Waals surface area (Å²) in [5.41, 5.74) is 0.478. The van der Waals surface area contributed by atoms with Gasteiger partial charge in [-0.1, -0.05) is 13.8 Å². The summed E-state index contributed by atoms with van der Waals surface area (Å²) < 4.78 is 11.4. The fraction of sp³-hybridized carbons (Fsp3) is 1.00. The first-order chi connectivity index (χ1) is 9.94. The van der Waals surface area contributed by atoms with E-state index in [1.807, 2.05) is 0 Å². The molecule has 3 unspecified atom stereocenters. The standard InChI is InChI=1S/C17H34N2O2/c1-6-17(5)14(12-15(17)21-7-2)18-13-16(3,4)19-8-10-20-11-9-19/h14-15,18H,6-13H2,1-5H3. The van der Waals surface area contributed by atoms with E-state index in [0.717, 1.165) is 45.9 Å². The Morgan fingerprint density at radius 3 is 2.52 bits per heavy atom. The number of morpholine rings is 1. The van der Waals surface area contributed by atoms with Gasteiger partial charge in [0.2, 0.25) is 0 Å². The van der Waals surface area contributed by atoms with Crippen molar-refractivity contribution in [3.05, 3.63) is 0 Å². The van der Waals surface area contributed by atoms with E-state index in [1.165, 1.54) is 6.42 Å². The van der Waals surface area contributed by atoms with Crippen molar-refractivity contribution in [1.82, 2.24) is 10.2 Å². The molecule has 2 fully saturated rings. The van der Waals surface area contributed by atoms with Crippen LogP contribution in [0.1, 0.15) is 47.5 Å². The van der Waals surface area contributed by atoms with Crippen molar-refractivity contribution in [3.8, 4) is 0 Å². The van der Waals surface area contributed by atoms with Crippen LogP contribution >= 0.6 is 0 Å². The molecule has 1 heterocycles. The van der Waals surface area contributed by atoms with E-state index in [1.54, 1.807) is 0 Å². The molecule has 1 aliphatic heterocycles. The van der Waals surface area contributed by atoms with Gasteiger partial charge in [-0.25, -0.2) is 0 Å². The highest BCUT2D eigenvalue weighted by Crippen LogP contribution is 2.46. The third kappa shape index (κ3) is 3.61. The van der Waals surface area contributed by atoms with Crippen LogP contribution in [0.2, 0.25) is 0 Å². The Bertz CT molecular complexity index is 329. The Morgan fingerprint density at radius 2 is 1.95 bits per heavy atom. The van der Waals surface area contributed by atoms with Crippen LogP contribution in [-0.4, -0.2) is 62.0 Å². The molecule has 4 nitrogen and oxygen atoms in total. The summed E-state index contributed by atoms with van der Waals surface area (Å²) >= 11 is 0. The van der Waals surface area contributed by atoms with E-state index in [-0.39, 0.29) is 11.0 Å². The molecular weight excluding hydrogens is 264 g/mol. The number of rotatable bonds is 7. The van der Waals surface area contributed by atoms with Crippen LogP contribution in [0.3, 0.4) is 0 Å². The van der Waals surface area contributed by atoms with E-state index in [4.69, 9.17) is 9.47 Å². The highest BCUT2D eigenvalue weighted by atomic mass is 16.5. The highest BCUT2D eigenvalue weighted by Gasteiger charge is 2.51. The van der Waals surface area contributed by atoms with Crippen LogP contribution in [0.5, 0.6) is 0 Å². The van der Waals surface area contributed by atoms with Crippen molar-refractivity contribution < 1.29 is 9.47 Å². The summed E-state index contributed by atoms with van der Waals surface area (Å²) in [5.74, 6) is 0. The molecule has 2 rings (SSSR count). The summed E-state index contributed by atoms with van der Waals surface area (Å²) in [4.78, 5) is 2.55. The number of nitrogens with one attached hydrogen (secondary N) is 1. The van der Waals surface area contributed by atoms with Crippen LogP contribution in [-0.2, 0) is 9.47 Å². The monoisotopic (exact) mass is 298 g/mol. The SMILES string of the molecule is CCOC1CC(NCC(C)(C)N2CCOCC2)C1(C)CC. The normalized spacial score (nSPS) is 34.7. The van der Waals surface area contributed by atoms with Gasteiger partial charge in [-0.15, -0.1) is 0 Å². The molecule has 1 N–H and O–H groups in total. The van der Waals surface area contributed by atoms with Crippen LogP contribution in [0.25, 0.3) is 0 Å². The number of ether oxygens (including phenoxy) is 2. The second-order valence-electron chi connectivity index (χ2n) is 7.38. The van der Waals surface area contributed by atoms with Gasteiger partial charge in [-0.2, -0.15) is 0 Å². The van der Waals surface area contributed by atoms with Gasteiger partial charge in [0.05, 0.1) is 19.3 Å². The summed E-state index contributed by atoms with van der Waals surface area (Å²) in [7, 11) is 0. The molecule has 21 heavy (non-hydrogen) atoms. The van der Waals surface area contributed by atoms with Crippen LogP contribution in [0.4, 0.5) is 0 Å². The zero-order valence-electron chi connectivity index (χ0n) is 14.6. The van der Waals surface area contributed by atoms with Crippen molar-refractivity contribution in [1.29, 1.82) is 0 Å². The second kappa shape index (κ2) is 6.95. The molecule has 0 aromatic rings. The Kier molecular flexibility index (Phi) is 5.69. The lowest BCUT2D eigenvalue weighted by Gasteiger charge is -2.55. The van der Waals surface area contributed by atoms with E-state index in [2.05, 4.69) is 44.8 Å². The van der Waals surface area contributed by atoms with Gasteiger partial charge in [0.25, 0.3) is 0 Å². The maximum Gasteiger partial charge on any atom is 0.0658 e. The third-order valence-corrected chi connectivity index (χ3v) is 5.76. The van der Waals surface area contributed by atoms with Gasteiger partial charge in [0.15, 0.2) is 0 Å². The average Bonchev–Trinajstić information content (AvgIpc) is 2.50. The van der Waals surface area contributed by atoms with E-state index in [9.17, 15) is 0 Å². The first-order valence-electron chi connectivity index (χ1n) is 8.62. The predicted molar refractivity (Wildman–Crippen MR) is 86.7 cm³/mol. The molecule has 0 spiro atoms. The number of hydrogen-bond acceptors (Lipinski definition) is 4. The van der Waals surface area contributed by atoms with Gasteiger partial charge in [0.1, 0.15) is 0 Å². The van der Waals surface area contributed by atoms with Gasteiger partial charge in [-0.3, -0.25) is 4.90 Å². The Hall–Kier alpha value is -0.160. The van der Waals surface area contributed by atoms with E-state index >= 15 is 0 Å². The molecule has 1 aliphatic carbocycles. The number of hydrogen-bond donors (Lipinski definition) is 1. The first-order valence-corrected chi connectivity index (χ1v) is 8.62. The van der Waals surface area contributed by atoms with Crippen LogP contribution < -0.4 is 5.32 Å². The maximum atomic E-state index is 5.90. The first kappa shape index (κ1) is 17.2. The minimum absolute atomic E-state index is 0.190. The van der Waals surface area contributed by atoms with Crippen LogP contribution in [0, 0.1) is 5.41 Å². The van der Waals surface area contributed by atoms with Crippen molar-refractivity contribution >= 4 is 0 Å². The number of nitrogens with zero attached hydrogens (tertiary/aromatic N) is 1. The van der Waals surface area contributed by atoms with Crippen LogP contribution in [0.15, 0.2) is 0 Å². The minimum atomic E-state index is 0.190. The Balaban J connectivity index is 1.85. The smallest absolute Gasteiger partial charge is 0.0658 e. The molecule has 0 aromatic carbocycles. The largest absolute Gasteiger partial charge is 0.379 e. The lowest BCUT2D eigenvalue weighted by atomic mass is 9.61. The molecule has 0 aromatic heterocycles. The summed E-state index contributed by atoms with van der Waals surface area (Å²) in [6, 6.07) is 0.583. The lowest BCUT2D eigenvalue weighted by Crippen LogP contribution is -2.65. The van der Waals surface area contributed by atoms with Crippen molar-refractivity contribution in [2.45, 2.75) is 65.1 Å². The zero-order valence-corrected chi connectivity index (χ0v) is 14.6. The molecule has 3 atom stereocenters. The average molecular weight is 298 g/mol. The summed E-state index contributed by atoms with van der Waals surface area (Å²) in [5, 5.41) is 3.82. The molecule has 2 aliphatic rings. The molecule has 124 valence electrons. The third-order valence-electron chi connectivity index (χ3n) is 5.76. The van der Waals surface area contributed by atoms with Crippen molar-refractivity contribution in [3.63, 3.8) is 0 Å². The zero-order chi connectivity index (χ0) is 15.5. The lowest BCUT2D eigenvalue weighted by molar-refractivity contribution is -0.128. The molecule has 1 saturated carbocycles. The molecule has 0 bridgehead atoms. The topological polar surface area (TPSA) is 33.7 Å². The molecular formula is C17H34N2O2. The van der Waals surface area contributed by atoms with E-state index in [0.29, 0.717) is 12.1 Å². The van der Waals surface area contributed by atoms with Gasteiger partial charge in [-0.05, 0) is 33.6 Å². The molecule has 1 saturated heterocycles. The minimum Gasteiger partial charge on any atom is -0.379 e. The molecule has 0 amide bonds. The van der Waals surface area contributed by atoms with Gasteiger partial charge >= 0.3 is 0 Å². The maximum absolute atomic E-state index is 5.90. The Labute approximate surface area is 130 Å². The van der Waals surface area contributed by atoms with Gasteiger partial charge < -0.3 is 14.8 Å². The fourth-order valence-electron chi connectivity index (χ4n) is 3.72. The second-order valence-corrected chi connectivity index (χ2v) is 7.38. The van der Waals surface area contributed by atoms with Crippen molar-refractivity contribution in [2.75, 3.05) is 39.5 Å². The van der Waals surface area contributed by atoms with Gasteiger partial charge in [0, 0.05) is 43.2 Å². The predicted octanol–water partition coefficient (Wildman–Crippen LogP) is 2.28. The molecule has 0 radical (unpaired) electrons. The van der Waals surface area contributed by atoms with E-state index < -0.39 is 0 Å². The summed E-state index contributed by atoms with van der Waals surface area (Å²) in [6.07, 6.45) is 2.75. The Morgan fingerprint density at radius 1 is 1.29 bits per heavy atom. The fourth-order valence-corrected chi connectivity index (χ4v) is 3.72. The summed E-state index contributed by atoms with van der Waals surface area (Å²) in [6.45, 7) is 17.1. The quantitative estimate of drug-likeness (QED) is 0.782.